The molecule has 1 rings (SSSR count). The van der Waals surface area contributed by atoms with Crippen molar-refractivity contribution in [2.24, 2.45) is 0 Å². The SMILES string of the molecule is O=C(O)C=CC(=O)OC(=O)c1ccccc1. The lowest BCUT2D eigenvalue weighted by Crippen LogP contribution is -2.10. The van der Waals surface area contributed by atoms with Gasteiger partial charge in [-0.25, -0.2) is 14.4 Å². The smallest absolute Gasteiger partial charge is 0.346 e. The van der Waals surface area contributed by atoms with Crippen molar-refractivity contribution in [3.05, 3.63) is 48.0 Å². The van der Waals surface area contributed by atoms with E-state index in [4.69, 9.17) is 5.11 Å². The third-order valence-electron chi connectivity index (χ3n) is 1.56. The minimum atomic E-state index is -1.29. The summed E-state index contributed by atoms with van der Waals surface area (Å²) in [6, 6.07) is 7.91. The second-order valence-electron chi connectivity index (χ2n) is 2.75. The lowest BCUT2D eigenvalue weighted by atomic mass is 10.2. The molecule has 1 aromatic carbocycles. The van der Waals surface area contributed by atoms with Crippen LogP contribution in [0, 0.1) is 0 Å². The molecule has 0 amide bonds. The van der Waals surface area contributed by atoms with Gasteiger partial charge in [-0.05, 0) is 12.1 Å². The van der Waals surface area contributed by atoms with Gasteiger partial charge in [0, 0.05) is 12.2 Å². The maximum atomic E-state index is 11.3. The van der Waals surface area contributed by atoms with E-state index in [9.17, 15) is 14.4 Å². The van der Waals surface area contributed by atoms with E-state index in [0.29, 0.717) is 12.2 Å². The van der Waals surface area contributed by atoms with Gasteiger partial charge in [-0.2, -0.15) is 0 Å². The molecule has 0 saturated carbocycles. The first-order valence-corrected chi connectivity index (χ1v) is 4.32. The van der Waals surface area contributed by atoms with Crippen molar-refractivity contribution in [3.8, 4) is 0 Å². The highest BCUT2D eigenvalue weighted by Gasteiger charge is 2.09. The lowest BCUT2D eigenvalue weighted by Gasteiger charge is -1.98. The van der Waals surface area contributed by atoms with Gasteiger partial charge in [0.25, 0.3) is 0 Å². The Labute approximate surface area is 91.0 Å². The number of hydrogen-bond donors (Lipinski definition) is 1. The quantitative estimate of drug-likeness (QED) is 0.467. The van der Waals surface area contributed by atoms with Gasteiger partial charge in [0.1, 0.15) is 0 Å². The highest BCUT2D eigenvalue weighted by Crippen LogP contribution is 2.01. The summed E-state index contributed by atoms with van der Waals surface area (Å²) in [4.78, 5) is 32.3. The van der Waals surface area contributed by atoms with Crippen molar-refractivity contribution in [1.29, 1.82) is 0 Å². The molecule has 0 spiro atoms. The number of esters is 2. The molecule has 0 atom stereocenters. The van der Waals surface area contributed by atoms with Crippen LogP contribution in [0.25, 0.3) is 0 Å². The highest BCUT2D eigenvalue weighted by molar-refractivity contribution is 6.01. The van der Waals surface area contributed by atoms with E-state index >= 15 is 0 Å². The summed E-state index contributed by atoms with van der Waals surface area (Å²) in [5.74, 6) is -3.12. The van der Waals surface area contributed by atoms with Crippen molar-refractivity contribution in [2.75, 3.05) is 0 Å². The average molecular weight is 220 g/mol. The molecule has 0 aliphatic heterocycles. The third kappa shape index (κ3) is 3.75. The van der Waals surface area contributed by atoms with Gasteiger partial charge < -0.3 is 9.84 Å². The van der Waals surface area contributed by atoms with Crippen LogP contribution in [0.4, 0.5) is 0 Å². The number of hydrogen-bond acceptors (Lipinski definition) is 4. The van der Waals surface area contributed by atoms with Crippen molar-refractivity contribution >= 4 is 17.9 Å². The third-order valence-corrected chi connectivity index (χ3v) is 1.56. The lowest BCUT2D eigenvalue weighted by molar-refractivity contribution is -0.134. The summed E-state index contributed by atoms with van der Waals surface area (Å²) < 4.78 is 4.36. The minimum Gasteiger partial charge on any atom is -0.478 e. The molecule has 0 aromatic heterocycles. The van der Waals surface area contributed by atoms with E-state index in [1.54, 1.807) is 18.2 Å². The van der Waals surface area contributed by atoms with Crippen LogP contribution in [0.3, 0.4) is 0 Å². The van der Waals surface area contributed by atoms with Gasteiger partial charge in [-0.15, -0.1) is 0 Å². The maximum absolute atomic E-state index is 11.3. The Hall–Kier alpha value is -2.43. The fourth-order valence-corrected chi connectivity index (χ4v) is 0.898. The number of benzene rings is 1. The molecule has 0 aliphatic rings. The largest absolute Gasteiger partial charge is 0.478 e. The highest BCUT2D eigenvalue weighted by atomic mass is 16.6. The summed E-state index contributed by atoms with van der Waals surface area (Å²) in [6.07, 6.45) is 1.27. The van der Waals surface area contributed by atoms with Gasteiger partial charge in [0.2, 0.25) is 0 Å². The van der Waals surface area contributed by atoms with E-state index in [0.717, 1.165) is 0 Å². The standard InChI is InChI=1S/C11H8O5/c12-9(13)6-7-10(14)16-11(15)8-4-2-1-3-5-8/h1-7H,(H,12,13). The molecule has 82 valence electrons. The van der Waals surface area contributed by atoms with Crippen molar-refractivity contribution < 1.29 is 24.2 Å². The fourth-order valence-electron chi connectivity index (χ4n) is 0.898. The zero-order chi connectivity index (χ0) is 12.0. The summed E-state index contributed by atoms with van der Waals surface area (Å²) in [6.45, 7) is 0. The van der Waals surface area contributed by atoms with Crippen LogP contribution < -0.4 is 0 Å². The summed E-state index contributed by atoms with van der Waals surface area (Å²) >= 11 is 0. The number of carbonyl (C=O) groups is 3. The zero-order valence-corrected chi connectivity index (χ0v) is 8.12. The predicted molar refractivity (Wildman–Crippen MR) is 53.6 cm³/mol. The minimum absolute atomic E-state index is 0.222. The molecule has 5 nitrogen and oxygen atoms in total. The van der Waals surface area contributed by atoms with Crippen LogP contribution in [0.15, 0.2) is 42.5 Å². The van der Waals surface area contributed by atoms with E-state index < -0.39 is 17.9 Å². The molecule has 0 bridgehead atoms. The molecular weight excluding hydrogens is 212 g/mol. The first-order chi connectivity index (χ1) is 7.59. The van der Waals surface area contributed by atoms with Crippen molar-refractivity contribution in [1.82, 2.24) is 0 Å². The maximum Gasteiger partial charge on any atom is 0.346 e. The Balaban J connectivity index is 2.59. The van der Waals surface area contributed by atoms with Crippen LogP contribution in [0.5, 0.6) is 0 Å². The number of carboxylic acids is 1. The Bertz CT molecular complexity index is 433. The molecule has 5 heteroatoms. The molecule has 1 aromatic rings. The molecule has 0 fully saturated rings. The number of carboxylic acid groups (broad SMARTS) is 1. The topological polar surface area (TPSA) is 80.7 Å². The summed E-state index contributed by atoms with van der Waals surface area (Å²) in [7, 11) is 0. The van der Waals surface area contributed by atoms with Gasteiger partial charge in [-0.1, -0.05) is 18.2 Å². The summed E-state index contributed by atoms with van der Waals surface area (Å²) in [5, 5.41) is 8.23. The van der Waals surface area contributed by atoms with Crippen LogP contribution in [0.1, 0.15) is 10.4 Å². The Kier molecular flexibility index (Phi) is 3.97. The second kappa shape index (κ2) is 5.45. The Morgan fingerprint density at radius 1 is 1.06 bits per heavy atom. The van der Waals surface area contributed by atoms with Crippen LogP contribution in [-0.4, -0.2) is 23.0 Å². The number of aliphatic carboxylic acids is 1. The molecular formula is C11H8O5. The second-order valence-corrected chi connectivity index (χ2v) is 2.75. The van der Waals surface area contributed by atoms with E-state index in [1.165, 1.54) is 12.1 Å². The molecule has 0 aliphatic carbocycles. The molecule has 16 heavy (non-hydrogen) atoms. The van der Waals surface area contributed by atoms with Gasteiger partial charge >= 0.3 is 17.9 Å². The normalized spacial score (nSPS) is 10.0. The van der Waals surface area contributed by atoms with Crippen molar-refractivity contribution in [3.63, 3.8) is 0 Å². The molecule has 0 radical (unpaired) electrons. The molecule has 1 N–H and O–H groups in total. The average Bonchev–Trinajstić information content (AvgIpc) is 2.27. The monoisotopic (exact) mass is 220 g/mol. The van der Waals surface area contributed by atoms with E-state index in [1.807, 2.05) is 0 Å². The van der Waals surface area contributed by atoms with Crippen LogP contribution >= 0.6 is 0 Å². The number of carbonyl (C=O) groups excluding carboxylic acids is 2. The van der Waals surface area contributed by atoms with Gasteiger partial charge in [0.05, 0.1) is 5.56 Å². The number of ether oxygens (including phenoxy) is 1. The van der Waals surface area contributed by atoms with Gasteiger partial charge in [-0.3, -0.25) is 0 Å². The fraction of sp³-hybridized carbons (Fsp3) is 0. The van der Waals surface area contributed by atoms with Crippen molar-refractivity contribution in [2.45, 2.75) is 0 Å². The Morgan fingerprint density at radius 2 is 1.69 bits per heavy atom. The zero-order valence-electron chi connectivity index (χ0n) is 8.12. The molecule has 0 heterocycles. The van der Waals surface area contributed by atoms with Gasteiger partial charge in [0.15, 0.2) is 0 Å². The molecule has 0 saturated heterocycles. The Morgan fingerprint density at radius 3 is 2.25 bits per heavy atom. The molecule has 0 unspecified atom stereocenters. The summed E-state index contributed by atoms with van der Waals surface area (Å²) in [5.41, 5.74) is 0.222. The van der Waals surface area contributed by atoms with E-state index in [-0.39, 0.29) is 5.56 Å². The van der Waals surface area contributed by atoms with E-state index in [2.05, 4.69) is 4.74 Å². The van der Waals surface area contributed by atoms with Crippen LogP contribution in [-0.2, 0) is 14.3 Å². The first-order valence-electron chi connectivity index (χ1n) is 4.32. The first kappa shape index (κ1) is 11.6. The number of rotatable bonds is 3. The van der Waals surface area contributed by atoms with Crippen LogP contribution in [0.2, 0.25) is 0 Å². The predicted octanol–water partition coefficient (Wildman–Crippen LogP) is 1.01.